The number of carbonyl (C=O) groups is 5. The Bertz CT molecular complexity index is 1390. The molecule has 5 N–H and O–H groups in total. The summed E-state index contributed by atoms with van der Waals surface area (Å²) in [5.41, 5.74) is 1.40. The van der Waals surface area contributed by atoms with E-state index >= 15 is 0 Å². The molecule has 2 aromatic rings. The summed E-state index contributed by atoms with van der Waals surface area (Å²) in [5, 5.41) is 13.2. The van der Waals surface area contributed by atoms with Gasteiger partial charge in [-0.05, 0) is 47.6 Å². The fraction of sp³-hybridized carbons (Fsp3) is 0.433. The fourth-order valence-electron chi connectivity index (χ4n) is 4.81. The first-order chi connectivity index (χ1) is 19.6. The maximum Gasteiger partial charge on any atom is 0.289 e. The van der Waals surface area contributed by atoms with E-state index in [4.69, 9.17) is 5.14 Å². The molecule has 0 fully saturated rings. The van der Waals surface area contributed by atoms with Crippen molar-refractivity contribution in [2.24, 2.45) is 16.5 Å². The van der Waals surface area contributed by atoms with Gasteiger partial charge in [-0.25, -0.2) is 9.35 Å². The lowest BCUT2D eigenvalue weighted by Gasteiger charge is -2.37. The van der Waals surface area contributed by atoms with Gasteiger partial charge in [-0.3, -0.25) is 24.0 Å². The van der Waals surface area contributed by atoms with Gasteiger partial charge in [0.15, 0.2) is 0 Å². The van der Waals surface area contributed by atoms with Gasteiger partial charge in [0.2, 0.25) is 17.6 Å². The summed E-state index contributed by atoms with van der Waals surface area (Å²) >= 11 is 0. The predicted molar refractivity (Wildman–Crippen MR) is 158 cm³/mol. The van der Waals surface area contributed by atoms with Crippen molar-refractivity contribution in [2.45, 2.75) is 77.7 Å². The van der Waals surface area contributed by atoms with E-state index in [-0.39, 0.29) is 19.0 Å². The van der Waals surface area contributed by atoms with Gasteiger partial charge in [0.1, 0.15) is 23.1 Å². The Hall–Kier alpha value is -3.90. The summed E-state index contributed by atoms with van der Waals surface area (Å²) in [4.78, 5) is 67.3. The number of rotatable bonds is 11. The first kappa shape index (κ1) is 32.6. The number of amides is 4. The van der Waals surface area contributed by atoms with Crippen LogP contribution in [-0.2, 0) is 43.3 Å². The zero-order valence-corrected chi connectivity index (χ0v) is 25.5. The summed E-state index contributed by atoms with van der Waals surface area (Å²) in [6, 6.07) is 10.5. The summed E-state index contributed by atoms with van der Waals surface area (Å²) < 4.78 is 11.3. The molecule has 12 heteroatoms. The van der Waals surface area contributed by atoms with E-state index in [1.54, 1.807) is 50.2 Å². The molecule has 0 aliphatic carbocycles. The van der Waals surface area contributed by atoms with Crippen LogP contribution in [0.4, 0.5) is 0 Å². The molecule has 4 amide bonds. The smallest absolute Gasteiger partial charge is 0.289 e. The van der Waals surface area contributed by atoms with Crippen molar-refractivity contribution in [3.63, 3.8) is 0 Å². The number of Topliss-reactive ketones (excluding diaryl/α,β-unsaturated/α-hetero) is 1. The van der Waals surface area contributed by atoms with Gasteiger partial charge in [-0.1, -0.05) is 65.0 Å². The monoisotopic (exact) mass is 597 g/mol. The molecule has 0 aromatic heterocycles. The Morgan fingerprint density at radius 3 is 2.12 bits per heavy atom. The number of ketones is 1. The van der Waals surface area contributed by atoms with Crippen LogP contribution in [0.5, 0.6) is 0 Å². The van der Waals surface area contributed by atoms with Crippen molar-refractivity contribution in [3.8, 4) is 0 Å². The number of nitrogens with one attached hydrogen (secondary N) is 3. The average molecular weight is 598 g/mol. The predicted octanol–water partition coefficient (Wildman–Crippen LogP) is 1.57. The minimum Gasteiger partial charge on any atom is -0.345 e. The summed E-state index contributed by atoms with van der Waals surface area (Å²) in [5.74, 6) is -3.52. The first-order valence-corrected chi connectivity index (χ1v) is 14.9. The molecule has 4 unspecified atom stereocenters. The quantitative estimate of drug-likeness (QED) is 0.287. The average Bonchev–Trinajstić information content (AvgIpc) is 3.24. The zero-order chi connectivity index (χ0) is 31.4. The van der Waals surface area contributed by atoms with Crippen LogP contribution in [0.1, 0.15) is 63.0 Å². The highest BCUT2D eigenvalue weighted by Crippen LogP contribution is 2.32. The van der Waals surface area contributed by atoms with Gasteiger partial charge < -0.3 is 20.9 Å². The molecule has 2 aromatic carbocycles. The van der Waals surface area contributed by atoms with Gasteiger partial charge in [0.05, 0.1) is 10.9 Å². The molecule has 0 bridgehead atoms. The van der Waals surface area contributed by atoms with Crippen molar-refractivity contribution < 1.29 is 28.2 Å². The number of fused-ring (bicyclic) bond motifs is 1. The van der Waals surface area contributed by atoms with E-state index in [2.05, 4.69) is 16.0 Å². The van der Waals surface area contributed by atoms with E-state index in [1.165, 1.54) is 11.8 Å². The standard InChI is InChI=1S/C30H39N5O6S/c1-17(2)23(24(36)27(38)32-15-19-11-13-21(14-12-19)42(31)41)34-26(37)18(3)33-28(39)25(30(4,5)6)35-16-20-9-7-8-10-22(20)29(35)40/h7-14,17-18,23,25H,15-16,31H2,1-6H3,(H,32,38)(H,33,39)(H,34,37). The molecular formula is C30H39N5O6S. The highest BCUT2D eigenvalue weighted by atomic mass is 32.2. The van der Waals surface area contributed by atoms with Crippen molar-refractivity contribution in [2.75, 3.05) is 0 Å². The lowest BCUT2D eigenvalue weighted by atomic mass is 9.84. The molecule has 0 radical (unpaired) electrons. The van der Waals surface area contributed by atoms with Crippen LogP contribution >= 0.6 is 0 Å². The van der Waals surface area contributed by atoms with E-state index in [0.29, 0.717) is 16.0 Å². The minimum absolute atomic E-state index is 0.0422. The van der Waals surface area contributed by atoms with Crippen LogP contribution in [-0.4, -0.2) is 56.6 Å². The second-order valence-electron chi connectivity index (χ2n) is 11.8. The van der Waals surface area contributed by atoms with E-state index in [9.17, 15) is 28.2 Å². The highest BCUT2D eigenvalue weighted by Gasteiger charge is 2.43. The lowest BCUT2D eigenvalue weighted by Crippen LogP contribution is -2.59. The third kappa shape index (κ3) is 7.68. The van der Waals surface area contributed by atoms with Crippen LogP contribution in [0.2, 0.25) is 0 Å². The number of benzene rings is 2. The van der Waals surface area contributed by atoms with Crippen LogP contribution in [0, 0.1) is 11.3 Å². The summed E-state index contributed by atoms with van der Waals surface area (Å²) in [7, 11) is -1.63. The second kappa shape index (κ2) is 13.4. The normalized spacial score (nSPS) is 15.8. The topological polar surface area (TPSA) is 168 Å². The third-order valence-electron chi connectivity index (χ3n) is 7.06. The van der Waals surface area contributed by atoms with Gasteiger partial charge in [0.25, 0.3) is 11.8 Å². The van der Waals surface area contributed by atoms with Crippen molar-refractivity contribution in [1.29, 1.82) is 0 Å². The Kier molecular flexibility index (Phi) is 10.4. The molecule has 226 valence electrons. The van der Waals surface area contributed by atoms with Crippen molar-refractivity contribution in [3.05, 3.63) is 65.2 Å². The number of hydrogen-bond donors (Lipinski definition) is 4. The molecule has 1 aliphatic heterocycles. The van der Waals surface area contributed by atoms with Crippen LogP contribution in [0.15, 0.2) is 53.4 Å². The Morgan fingerprint density at radius 2 is 1.57 bits per heavy atom. The van der Waals surface area contributed by atoms with E-state index < -0.39 is 63.9 Å². The molecule has 3 rings (SSSR count). The number of nitrogens with two attached hydrogens (primary N) is 1. The molecule has 0 saturated heterocycles. The van der Waals surface area contributed by atoms with Gasteiger partial charge in [-0.2, -0.15) is 0 Å². The molecule has 42 heavy (non-hydrogen) atoms. The Labute approximate surface area is 248 Å². The number of nitrogens with zero attached hydrogens (tertiary/aromatic N) is 1. The molecule has 4 atom stereocenters. The summed E-state index contributed by atoms with van der Waals surface area (Å²) in [6.07, 6.45) is 0. The molecule has 1 heterocycles. The molecule has 0 saturated carbocycles. The highest BCUT2D eigenvalue weighted by molar-refractivity contribution is 7.82. The molecular weight excluding hydrogens is 558 g/mol. The summed E-state index contributed by atoms with van der Waals surface area (Å²) in [6.45, 7) is 10.7. The molecule has 0 spiro atoms. The molecule has 1 aliphatic rings. The van der Waals surface area contributed by atoms with Gasteiger partial charge in [-0.15, -0.1) is 0 Å². The first-order valence-electron chi connectivity index (χ1n) is 13.7. The lowest BCUT2D eigenvalue weighted by molar-refractivity contribution is -0.141. The van der Waals surface area contributed by atoms with Crippen LogP contribution in [0.3, 0.4) is 0 Å². The minimum atomic E-state index is -1.63. The fourth-order valence-corrected chi connectivity index (χ4v) is 5.22. The third-order valence-corrected chi connectivity index (χ3v) is 7.80. The van der Waals surface area contributed by atoms with Crippen LogP contribution in [0.25, 0.3) is 0 Å². The largest absolute Gasteiger partial charge is 0.345 e. The van der Waals surface area contributed by atoms with Gasteiger partial charge in [0, 0.05) is 18.7 Å². The SMILES string of the molecule is CC(NC(=O)C(N1Cc2ccccc2C1=O)C(C)(C)C)C(=O)NC(C(=O)C(=O)NCc1ccc(S(N)=O)cc1)C(C)C. The van der Waals surface area contributed by atoms with E-state index in [0.717, 1.165) is 5.56 Å². The number of carbonyl (C=O) groups excluding carboxylic acids is 5. The second-order valence-corrected chi connectivity index (χ2v) is 12.9. The van der Waals surface area contributed by atoms with Gasteiger partial charge >= 0.3 is 0 Å². The Morgan fingerprint density at radius 1 is 0.952 bits per heavy atom. The zero-order valence-electron chi connectivity index (χ0n) is 24.7. The Balaban J connectivity index is 1.63. The maximum absolute atomic E-state index is 13.5. The van der Waals surface area contributed by atoms with Crippen LogP contribution < -0.4 is 21.1 Å². The van der Waals surface area contributed by atoms with Crippen molar-refractivity contribution in [1.82, 2.24) is 20.9 Å². The number of hydrogen-bond acceptors (Lipinski definition) is 6. The molecule has 11 nitrogen and oxygen atoms in total. The van der Waals surface area contributed by atoms with Crippen molar-refractivity contribution >= 4 is 40.4 Å². The maximum atomic E-state index is 13.5. The van der Waals surface area contributed by atoms with E-state index in [1.807, 2.05) is 32.9 Å².